The molecule has 7 heteroatoms. The Morgan fingerprint density at radius 1 is 1.09 bits per heavy atom. The van der Waals surface area contributed by atoms with E-state index in [1.54, 1.807) is 12.1 Å². The Hall–Kier alpha value is -3.09. The highest BCUT2D eigenvalue weighted by Crippen LogP contribution is 2.29. The Morgan fingerprint density at radius 3 is 2.35 bits per heavy atom. The maximum Gasteiger partial charge on any atom is 0.311 e. The van der Waals surface area contributed by atoms with Crippen LogP contribution in [-0.4, -0.2) is 25.1 Å². The average molecular weight is 316 g/mol. The molecule has 0 fully saturated rings. The summed E-state index contributed by atoms with van der Waals surface area (Å²) in [7, 11) is 2.83. The maximum atomic E-state index is 12.3. The quantitative estimate of drug-likeness (QED) is 0.676. The van der Waals surface area contributed by atoms with Crippen LogP contribution in [0.2, 0.25) is 0 Å². The Bertz CT molecular complexity index is 758. The Balaban J connectivity index is 2.33. The number of benzene rings is 2. The van der Waals surface area contributed by atoms with Gasteiger partial charge in [-0.15, -0.1) is 0 Å². The fourth-order valence-electron chi connectivity index (χ4n) is 2.09. The molecule has 0 unspecified atom stereocenters. The highest BCUT2D eigenvalue weighted by molar-refractivity contribution is 6.05. The number of nitrogens with one attached hydrogen (secondary N) is 1. The summed E-state index contributed by atoms with van der Waals surface area (Å²) in [6.45, 7) is 1.88. The molecule has 0 saturated heterocycles. The molecule has 0 spiro atoms. The van der Waals surface area contributed by atoms with Gasteiger partial charge in [-0.3, -0.25) is 14.9 Å². The lowest BCUT2D eigenvalue weighted by Gasteiger charge is -2.11. The number of nitro benzene ring substituents is 1. The molecule has 0 atom stereocenters. The Kier molecular flexibility index (Phi) is 4.80. The second kappa shape index (κ2) is 6.78. The largest absolute Gasteiger partial charge is 0.495 e. The maximum absolute atomic E-state index is 12.3. The number of carbonyl (C=O) groups excluding carboxylic acids is 1. The van der Waals surface area contributed by atoms with Crippen LogP contribution in [0.15, 0.2) is 36.4 Å². The molecule has 0 aliphatic carbocycles. The number of anilines is 1. The zero-order valence-electron chi connectivity index (χ0n) is 13.0. The van der Waals surface area contributed by atoms with Crippen LogP contribution in [0.3, 0.4) is 0 Å². The van der Waals surface area contributed by atoms with Crippen molar-refractivity contribution < 1.29 is 19.2 Å². The molecule has 1 N–H and O–H groups in total. The lowest BCUT2D eigenvalue weighted by atomic mass is 10.1. The summed E-state index contributed by atoms with van der Waals surface area (Å²) in [6, 6.07) is 9.38. The first kappa shape index (κ1) is 16.3. The van der Waals surface area contributed by atoms with E-state index in [1.165, 1.54) is 32.4 Å². The molecule has 0 radical (unpaired) electrons. The SMILES string of the molecule is COc1ccc(C)cc1NC(=O)c1ccc(OC)c([N+](=O)[O-])c1. The minimum absolute atomic E-state index is 0.0969. The second-order valence-electron chi connectivity index (χ2n) is 4.80. The van der Waals surface area contributed by atoms with Gasteiger partial charge in [0.2, 0.25) is 0 Å². The molecule has 120 valence electrons. The zero-order chi connectivity index (χ0) is 17.0. The van der Waals surface area contributed by atoms with E-state index in [2.05, 4.69) is 5.32 Å². The molecule has 7 nitrogen and oxygen atoms in total. The van der Waals surface area contributed by atoms with Gasteiger partial charge in [-0.2, -0.15) is 0 Å². The van der Waals surface area contributed by atoms with Gasteiger partial charge in [0.15, 0.2) is 5.75 Å². The fourth-order valence-corrected chi connectivity index (χ4v) is 2.09. The van der Waals surface area contributed by atoms with Crippen molar-refractivity contribution in [2.75, 3.05) is 19.5 Å². The van der Waals surface area contributed by atoms with Crippen LogP contribution in [0.5, 0.6) is 11.5 Å². The topological polar surface area (TPSA) is 90.7 Å². The molecule has 0 aliphatic heterocycles. The van der Waals surface area contributed by atoms with Crippen molar-refractivity contribution in [2.45, 2.75) is 6.92 Å². The van der Waals surface area contributed by atoms with Crippen LogP contribution in [0, 0.1) is 17.0 Å². The predicted octanol–water partition coefficient (Wildman–Crippen LogP) is 3.17. The Labute approximate surface area is 133 Å². The van der Waals surface area contributed by atoms with Gasteiger partial charge in [0, 0.05) is 11.6 Å². The van der Waals surface area contributed by atoms with Crippen LogP contribution in [0.4, 0.5) is 11.4 Å². The van der Waals surface area contributed by atoms with E-state index in [9.17, 15) is 14.9 Å². The van der Waals surface area contributed by atoms with E-state index in [0.29, 0.717) is 11.4 Å². The molecule has 0 heterocycles. The van der Waals surface area contributed by atoms with E-state index in [-0.39, 0.29) is 17.0 Å². The summed E-state index contributed by atoms with van der Waals surface area (Å²) < 4.78 is 10.1. The van der Waals surface area contributed by atoms with Crippen molar-refractivity contribution >= 4 is 17.3 Å². The normalized spacial score (nSPS) is 10.0. The number of nitrogens with zero attached hydrogens (tertiary/aromatic N) is 1. The lowest BCUT2D eigenvalue weighted by molar-refractivity contribution is -0.385. The second-order valence-corrected chi connectivity index (χ2v) is 4.80. The number of rotatable bonds is 5. The average Bonchev–Trinajstić information content (AvgIpc) is 2.54. The number of hydrogen-bond donors (Lipinski definition) is 1. The number of ether oxygens (including phenoxy) is 2. The first-order valence-electron chi connectivity index (χ1n) is 6.74. The highest BCUT2D eigenvalue weighted by Gasteiger charge is 2.19. The number of amides is 1. The van der Waals surface area contributed by atoms with E-state index < -0.39 is 10.8 Å². The van der Waals surface area contributed by atoms with Gasteiger partial charge < -0.3 is 14.8 Å². The molecular formula is C16H16N2O5. The number of aryl methyl sites for hydroxylation is 1. The third kappa shape index (κ3) is 3.57. The van der Waals surface area contributed by atoms with Crippen molar-refractivity contribution in [3.63, 3.8) is 0 Å². The predicted molar refractivity (Wildman–Crippen MR) is 85.3 cm³/mol. The van der Waals surface area contributed by atoms with Gasteiger partial charge in [0.25, 0.3) is 5.91 Å². The standard InChI is InChI=1S/C16H16N2O5/c1-10-4-6-14(22-2)12(8-10)17-16(19)11-5-7-15(23-3)13(9-11)18(20)21/h4-9H,1-3H3,(H,17,19). The number of hydrogen-bond acceptors (Lipinski definition) is 5. The third-order valence-corrected chi connectivity index (χ3v) is 3.24. The smallest absolute Gasteiger partial charge is 0.311 e. The van der Waals surface area contributed by atoms with Gasteiger partial charge in [-0.05, 0) is 36.8 Å². The minimum atomic E-state index is -0.594. The first-order chi connectivity index (χ1) is 11.0. The van der Waals surface area contributed by atoms with Crippen LogP contribution in [0.1, 0.15) is 15.9 Å². The molecule has 1 amide bonds. The van der Waals surface area contributed by atoms with Crippen molar-refractivity contribution in [3.8, 4) is 11.5 Å². The molecule has 0 bridgehead atoms. The molecule has 0 aromatic heterocycles. The van der Waals surface area contributed by atoms with Gasteiger partial charge in [-0.1, -0.05) is 6.07 Å². The van der Waals surface area contributed by atoms with E-state index in [4.69, 9.17) is 9.47 Å². The van der Waals surface area contributed by atoms with Crippen LogP contribution in [0.25, 0.3) is 0 Å². The number of nitro groups is 1. The zero-order valence-corrected chi connectivity index (χ0v) is 13.0. The van der Waals surface area contributed by atoms with E-state index >= 15 is 0 Å². The summed E-state index contributed by atoms with van der Waals surface area (Å²) in [4.78, 5) is 22.8. The van der Waals surface area contributed by atoms with Gasteiger partial charge in [0.1, 0.15) is 5.75 Å². The lowest BCUT2D eigenvalue weighted by Crippen LogP contribution is -2.13. The monoisotopic (exact) mass is 316 g/mol. The summed E-state index contributed by atoms with van der Waals surface area (Å²) in [5.41, 5.74) is 1.33. The summed E-state index contributed by atoms with van der Waals surface area (Å²) in [5.74, 6) is 0.131. The molecular weight excluding hydrogens is 300 g/mol. The molecule has 23 heavy (non-hydrogen) atoms. The van der Waals surface area contributed by atoms with Gasteiger partial charge >= 0.3 is 5.69 Å². The number of carbonyl (C=O) groups is 1. The van der Waals surface area contributed by atoms with Crippen molar-refractivity contribution in [1.82, 2.24) is 0 Å². The number of methoxy groups -OCH3 is 2. The Morgan fingerprint density at radius 2 is 1.74 bits per heavy atom. The van der Waals surface area contributed by atoms with Crippen LogP contribution < -0.4 is 14.8 Å². The highest BCUT2D eigenvalue weighted by atomic mass is 16.6. The molecule has 2 aromatic rings. The summed E-state index contributed by atoms with van der Waals surface area (Å²) in [6.07, 6.45) is 0. The van der Waals surface area contributed by atoms with Crippen molar-refractivity contribution in [3.05, 3.63) is 57.6 Å². The first-order valence-corrected chi connectivity index (χ1v) is 6.74. The van der Waals surface area contributed by atoms with Gasteiger partial charge in [0.05, 0.1) is 24.8 Å². The molecule has 0 saturated carbocycles. The third-order valence-electron chi connectivity index (χ3n) is 3.24. The van der Waals surface area contributed by atoms with Crippen LogP contribution >= 0.6 is 0 Å². The van der Waals surface area contributed by atoms with E-state index in [0.717, 1.165) is 5.56 Å². The van der Waals surface area contributed by atoms with Crippen molar-refractivity contribution in [1.29, 1.82) is 0 Å². The molecule has 2 aromatic carbocycles. The van der Waals surface area contributed by atoms with Crippen molar-refractivity contribution in [2.24, 2.45) is 0 Å². The fraction of sp³-hybridized carbons (Fsp3) is 0.188. The van der Waals surface area contributed by atoms with Crippen LogP contribution in [-0.2, 0) is 0 Å². The summed E-state index contributed by atoms with van der Waals surface area (Å²) >= 11 is 0. The van der Waals surface area contributed by atoms with Gasteiger partial charge in [-0.25, -0.2) is 0 Å². The molecule has 0 aliphatic rings. The van der Waals surface area contributed by atoms with E-state index in [1.807, 2.05) is 13.0 Å². The minimum Gasteiger partial charge on any atom is -0.495 e. The summed E-state index contributed by atoms with van der Waals surface area (Å²) in [5, 5.41) is 13.7. The molecule has 2 rings (SSSR count).